The third kappa shape index (κ3) is 3.16. The molecule has 0 radical (unpaired) electrons. The van der Waals surface area contributed by atoms with E-state index < -0.39 is 35.7 Å². The van der Waals surface area contributed by atoms with Crippen LogP contribution in [0.25, 0.3) is 10.9 Å². The Morgan fingerprint density at radius 3 is 2.32 bits per heavy atom. The number of carbonyl (C=O) groups is 2. The van der Waals surface area contributed by atoms with Crippen LogP contribution in [0.4, 0.5) is 15.8 Å². The lowest BCUT2D eigenvalue weighted by atomic mass is 9.90. The lowest BCUT2D eigenvalue weighted by Gasteiger charge is -2.29. The first-order valence-electron chi connectivity index (χ1n) is 10.7. The van der Waals surface area contributed by atoms with Crippen molar-refractivity contribution in [2.45, 2.75) is 12.1 Å². The Morgan fingerprint density at radius 1 is 0.853 bits per heavy atom. The summed E-state index contributed by atoms with van der Waals surface area (Å²) in [6.07, 6.45) is -1.05. The smallest absolute Gasteiger partial charge is 0.266 e. The molecule has 34 heavy (non-hydrogen) atoms. The minimum atomic E-state index is -1.05. The quantitative estimate of drug-likeness (QED) is 0.307. The molecule has 0 spiro atoms. The highest BCUT2D eigenvalue weighted by atomic mass is 35.5. The molecule has 0 bridgehead atoms. The molecule has 168 valence electrons. The molecule has 1 aromatic heterocycles. The zero-order valence-electron chi connectivity index (χ0n) is 17.6. The van der Waals surface area contributed by atoms with E-state index in [4.69, 9.17) is 16.4 Å². The second kappa shape index (κ2) is 7.90. The predicted molar refractivity (Wildman–Crippen MR) is 126 cm³/mol. The topological polar surface area (TPSA) is 62.7 Å². The summed E-state index contributed by atoms with van der Waals surface area (Å²) in [5.41, 5.74) is 2.28. The summed E-state index contributed by atoms with van der Waals surface area (Å²) in [6.45, 7) is 0. The standard InChI is InChI=1S/C26H17ClFN3O3/c27-24-19(14-15-6-4-5-9-20(15)29-24)22-21-23(34-31(22)18-7-2-1-3-8-18)26(33)30(25(21)32)17-12-10-16(28)11-13-17/h1-14,21-23H/t21-,22-,23+/m0/s1. The highest BCUT2D eigenvalue weighted by molar-refractivity contribution is 6.31. The molecule has 0 aliphatic carbocycles. The average Bonchev–Trinajstić information content (AvgIpc) is 3.36. The fraction of sp³-hybridized carbons (Fsp3) is 0.115. The van der Waals surface area contributed by atoms with Crippen molar-refractivity contribution in [1.29, 1.82) is 0 Å². The van der Waals surface area contributed by atoms with Gasteiger partial charge in [-0.2, -0.15) is 0 Å². The molecule has 0 unspecified atom stereocenters. The fourth-order valence-corrected chi connectivity index (χ4v) is 4.95. The summed E-state index contributed by atoms with van der Waals surface area (Å²) in [7, 11) is 0. The molecule has 2 amide bonds. The van der Waals surface area contributed by atoms with Crippen molar-refractivity contribution in [2.24, 2.45) is 5.92 Å². The second-order valence-electron chi connectivity index (χ2n) is 8.21. The van der Waals surface area contributed by atoms with Crippen molar-refractivity contribution >= 4 is 45.7 Å². The number of para-hydroxylation sites is 2. The van der Waals surface area contributed by atoms with Crippen molar-refractivity contribution < 1.29 is 18.8 Å². The molecule has 8 heteroatoms. The Morgan fingerprint density at radius 2 is 1.56 bits per heavy atom. The molecular weight excluding hydrogens is 457 g/mol. The Balaban J connectivity index is 1.49. The SMILES string of the molecule is O=C1[C@@H]2[C@@H](ON(c3ccccc3)[C@H]2c2cc3ccccc3nc2Cl)C(=O)N1c1ccc(F)cc1. The lowest BCUT2D eigenvalue weighted by Crippen LogP contribution is -2.37. The molecule has 0 N–H and O–H groups in total. The number of amides is 2. The molecule has 2 fully saturated rings. The van der Waals surface area contributed by atoms with Gasteiger partial charge in [0.1, 0.15) is 16.9 Å². The maximum absolute atomic E-state index is 13.7. The van der Waals surface area contributed by atoms with Crippen LogP contribution in [0.3, 0.4) is 0 Å². The number of fused-ring (bicyclic) bond motifs is 2. The molecule has 3 heterocycles. The molecule has 6 rings (SSSR count). The Kier molecular flexibility index (Phi) is 4.83. The van der Waals surface area contributed by atoms with E-state index in [0.29, 0.717) is 16.9 Å². The number of rotatable bonds is 3. The van der Waals surface area contributed by atoms with Gasteiger partial charge in [-0.1, -0.05) is 48.0 Å². The summed E-state index contributed by atoms with van der Waals surface area (Å²) in [6, 6.07) is 23.2. The molecule has 2 saturated heterocycles. The summed E-state index contributed by atoms with van der Waals surface area (Å²) < 4.78 is 13.5. The van der Waals surface area contributed by atoms with Gasteiger partial charge in [0, 0.05) is 10.9 Å². The number of aromatic nitrogens is 1. The van der Waals surface area contributed by atoms with Crippen LogP contribution in [0.2, 0.25) is 5.15 Å². The second-order valence-corrected chi connectivity index (χ2v) is 8.57. The van der Waals surface area contributed by atoms with Gasteiger partial charge in [-0.05, 0) is 48.5 Å². The summed E-state index contributed by atoms with van der Waals surface area (Å²) >= 11 is 6.64. The average molecular weight is 474 g/mol. The number of anilines is 2. The van der Waals surface area contributed by atoms with E-state index in [9.17, 15) is 14.0 Å². The minimum Gasteiger partial charge on any atom is -0.273 e. The van der Waals surface area contributed by atoms with Crippen molar-refractivity contribution in [3.05, 3.63) is 101 Å². The van der Waals surface area contributed by atoms with Gasteiger partial charge in [-0.25, -0.2) is 19.3 Å². The van der Waals surface area contributed by atoms with Crippen molar-refractivity contribution in [1.82, 2.24) is 4.98 Å². The number of halogens is 2. The largest absolute Gasteiger partial charge is 0.273 e. The molecule has 3 atom stereocenters. The lowest BCUT2D eigenvalue weighted by molar-refractivity contribution is -0.126. The van der Waals surface area contributed by atoms with E-state index in [1.807, 2.05) is 60.7 Å². The van der Waals surface area contributed by atoms with Crippen LogP contribution in [0.15, 0.2) is 84.9 Å². The van der Waals surface area contributed by atoms with Crippen LogP contribution in [0.1, 0.15) is 11.6 Å². The predicted octanol–water partition coefficient (Wildman–Crippen LogP) is 5.08. The maximum atomic E-state index is 13.7. The number of pyridine rings is 1. The third-order valence-electron chi connectivity index (χ3n) is 6.23. The maximum Gasteiger partial charge on any atom is 0.266 e. The van der Waals surface area contributed by atoms with Crippen LogP contribution >= 0.6 is 11.6 Å². The number of carbonyl (C=O) groups excluding carboxylic acids is 2. The van der Waals surface area contributed by atoms with Gasteiger partial charge in [-0.15, -0.1) is 0 Å². The van der Waals surface area contributed by atoms with Crippen molar-refractivity contribution in [3.8, 4) is 0 Å². The summed E-state index contributed by atoms with van der Waals surface area (Å²) in [4.78, 5) is 38.7. The van der Waals surface area contributed by atoms with E-state index in [1.165, 1.54) is 24.3 Å². The van der Waals surface area contributed by atoms with Crippen molar-refractivity contribution in [3.63, 3.8) is 0 Å². The summed E-state index contributed by atoms with van der Waals surface area (Å²) in [5.74, 6) is -2.26. The number of hydrogen-bond acceptors (Lipinski definition) is 5. The minimum absolute atomic E-state index is 0.231. The van der Waals surface area contributed by atoms with Crippen LogP contribution in [-0.4, -0.2) is 22.9 Å². The third-order valence-corrected chi connectivity index (χ3v) is 6.54. The zero-order chi connectivity index (χ0) is 23.4. The van der Waals surface area contributed by atoms with Crippen LogP contribution in [0, 0.1) is 11.7 Å². The number of hydroxylamine groups is 1. The fourth-order valence-electron chi connectivity index (χ4n) is 4.69. The Bertz CT molecular complexity index is 1430. The van der Waals surface area contributed by atoms with E-state index in [-0.39, 0.29) is 5.15 Å². The van der Waals surface area contributed by atoms with Gasteiger partial charge in [-0.3, -0.25) is 14.4 Å². The Hall–Kier alpha value is -3.81. The van der Waals surface area contributed by atoms with Gasteiger partial charge in [0.15, 0.2) is 6.10 Å². The van der Waals surface area contributed by atoms with Crippen LogP contribution < -0.4 is 9.96 Å². The number of benzene rings is 3. The highest BCUT2D eigenvalue weighted by Gasteiger charge is 2.60. The van der Waals surface area contributed by atoms with Gasteiger partial charge < -0.3 is 0 Å². The molecule has 3 aromatic carbocycles. The van der Waals surface area contributed by atoms with E-state index in [1.54, 1.807) is 5.06 Å². The monoisotopic (exact) mass is 473 g/mol. The van der Waals surface area contributed by atoms with E-state index >= 15 is 0 Å². The molecule has 0 saturated carbocycles. The van der Waals surface area contributed by atoms with Gasteiger partial charge >= 0.3 is 0 Å². The first-order valence-corrected chi connectivity index (χ1v) is 11.1. The molecule has 4 aromatic rings. The van der Waals surface area contributed by atoms with Gasteiger partial charge in [0.05, 0.1) is 22.9 Å². The van der Waals surface area contributed by atoms with E-state index in [0.717, 1.165) is 15.8 Å². The van der Waals surface area contributed by atoms with Gasteiger partial charge in [0.25, 0.3) is 5.91 Å². The highest BCUT2D eigenvalue weighted by Crippen LogP contribution is 2.49. The van der Waals surface area contributed by atoms with Gasteiger partial charge in [0.2, 0.25) is 5.91 Å². The molecule has 2 aliphatic heterocycles. The van der Waals surface area contributed by atoms with Crippen LogP contribution in [-0.2, 0) is 14.4 Å². The number of imide groups is 1. The molecule has 2 aliphatic rings. The molecular formula is C26H17ClFN3O3. The number of nitrogens with zero attached hydrogens (tertiary/aromatic N) is 3. The van der Waals surface area contributed by atoms with E-state index in [2.05, 4.69) is 4.98 Å². The normalized spacial score (nSPS) is 22.0. The first-order chi connectivity index (χ1) is 16.5. The summed E-state index contributed by atoms with van der Waals surface area (Å²) in [5, 5.41) is 2.66. The molecule has 6 nitrogen and oxygen atoms in total. The number of hydrogen-bond donors (Lipinski definition) is 0. The first kappa shape index (κ1) is 20.8. The zero-order valence-corrected chi connectivity index (χ0v) is 18.4. The Labute approximate surface area is 199 Å². The van der Waals surface area contributed by atoms with Crippen LogP contribution in [0.5, 0.6) is 0 Å². The van der Waals surface area contributed by atoms with Crippen molar-refractivity contribution in [2.75, 3.05) is 9.96 Å².